The summed E-state index contributed by atoms with van der Waals surface area (Å²) in [7, 11) is 0. The lowest BCUT2D eigenvalue weighted by molar-refractivity contribution is -0.119. The van der Waals surface area contributed by atoms with Gasteiger partial charge in [0.2, 0.25) is 11.1 Å². The molecule has 1 saturated carbocycles. The molecule has 23 heavy (non-hydrogen) atoms. The first-order valence-corrected chi connectivity index (χ1v) is 8.96. The molecule has 1 fully saturated rings. The van der Waals surface area contributed by atoms with Crippen molar-refractivity contribution in [2.45, 2.75) is 56.3 Å². The van der Waals surface area contributed by atoms with Gasteiger partial charge in [-0.15, -0.1) is 5.10 Å². The highest BCUT2D eigenvalue weighted by Crippen LogP contribution is 2.30. The molecular formula is C15H21N5O2S. The van der Waals surface area contributed by atoms with Crippen LogP contribution in [0.2, 0.25) is 0 Å². The molecule has 1 amide bonds. The lowest BCUT2D eigenvalue weighted by Crippen LogP contribution is -2.28. The first kappa shape index (κ1) is 16.0. The molecular weight excluding hydrogens is 314 g/mol. The van der Waals surface area contributed by atoms with E-state index in [4.69, 9.17) is 4.42 Å². The van der Waals surface area contributed by atoms with Crippen molar-refractivity contribution < 1.29 is 9.21 Å². The van der Waals surface area contributed by atoms with Crippen molar-refractivity contribution in [3.8, 4) is 0 Å². The summed E-state index contributed by atoms with van der Waals surface area (Å²) in [4.78, 5) is 12.1. The van der Waals surface area contributed by atoms with E-state index in [0.717, 1.165) is 23.8 Å². The first-order chi connectivity index (χ1) is 11.2. The van der Waals surface area contributed by atoms with Gasteiger partial charge in [0.05, 0.1) is 24.1 Å². The Balaban J connectivity index is 1.52. The summed E-state index contributed by atoms with van der Waals surface area (Å²) in [6.07, 6.45) is 7.55. The average molecular weight is 335 g/mol. The van der Waals surface area contributed by atoms with Crippen LogP contribution < -0.4 is 5.32 Å². The predicted molar refractivity (Wildman–Crippen MR) is 85.9 cm³/mol. The molecule has 0 aromatic carbocycles. The summed E-state index contributed by atoms with van der Waals surface area (Å²) < 4.78 is 7.17. The minimum atomic E-state index is -0.146. The van der Waals surface area contributed by atoms with Crippen LogP contribution in [0.15, 0.2) is 28.0 Å². The normalized spacial score (nSPS) is 17.1. The van der Waals surface area contributed by atoms with E-state index in [9.17, 15) is 4.79 Å². The van der Waals surface area contributed by atoms with Gasteiger partial charge >= 0.3 is 0 Å². The molecule has 0 saturated heterocycles. The molecule has 0 spiro atoms. The van der Waals surface area contributed by atoms with Crippen molar-refractivity contribution in [3.63, 3.8) is 0 Å². The highest BCUT2D eigenvalue weighted by atomic mass is 32.2. The smallest absolute Gasteiger partial charge is 0.231 e. The quantitative estimate of drug-likeness (QED) is 0.817. The number of carbonyl (C=O) groups excluding carboxylic acids is 1. The maximum atomic E-state index is 12.1. The fourth-order valence-corrected chi connectivity index (χ4v) is 3.61. The Bertz CT molecular complexity index is 622. The second kappa shape index (κ2) is 7.63. The van der Waals surface area contributed by atoms with E-state index in [1.165, 1.54) is 31.0 Å². The van der Waals surface area contributed by atoms with E-state index >= 15 is 0 Å². The topological polar surface area (TPSA) is 85.8 Å². The minimum Gasteiger partial charge on any atom is -0.467 e. The van der Waals surface area contributed by atoms with Gasteiger partial charge in [-0.1, -0.05) is 31.0 Å². The predicted octanol–water partition coefficient (Wildman–Crippen LogP) is 2.74. The highest BCUT2D eigenvalue weighted by Gasteiger charge is 2.21. The molecule has 2 aromatic rings. The Hall–Kier alpha value is -1.83. The number of nitrogens with zero attached hydrogens (tertiary/aromatic N) is 4. The third-order valence-corrected chi connectivity index (χ3v) is 5.00. The van der Waals surface area contributed by atoms with Gasteiger partial charge in [-0.05, 0) is 42.3 Å². The number of amides is 1. The third kappa shape index (κ3) is 4.13. The average Bonchev–Trinajstić information content (AvgIpc) is 3.25. The number of hydrogen-bond donors (Lipinski definition) is 1. The Labute approximate surface area is 139 Å². The molecule has 1 atom stereocenters. The van der Waals surface area contributed by atoms with Crippen molar-refractivity contribution in [1.82, 2.24) is 25.5 Å². The zero-order chi connectivity index (χ0) is 16.1. The van der Waals surface area contributed by atoms with Crippen molar-refractivity contribution in [1.29, 1.82) is 0 Å². The Morgan fingerprint density at radius 1 is 1.48 bits per heavy atom. The van der Waals surface area contributed by atoms with Crippen LogP contribution in [0.1, 0.15) is 56.9 Å². The molecule has 124 valence electrons. The molecule has 7 nitrogen and oxygen atoms in total. The van der Waals surface area contributed by atoms with Gasteiger partial charge in [-0.2, -0.15) is 0 Å². The van der Waals surface area contributed by atoms with E-state index in [0.29, 0.717) is 6.04 Å². The monoisotopic (exact) mass is 335 g/mol. The Morgan fingerprint density at radius 3 is 3.04 bits per heavy atom. The molecule has 0 radical (unpaired) electrons. The van der Waals surface area contributed by atoms with E-state index < -0.39 is 0 Å². The molecule has 0 aliphatic heterocycles. The molecule has 1 unspecified atom stereocenters. The number of furan rings is 1. The number of hydrogen-bond acceptors (Lipinski definition) is 6. The molecule has 1 aliphatic rings. The van der Waals surface area contributed by atoms with Crippen molar-refractivity contribution in [3.05, 3.63) is 24.2 Å². The van der Waals surface area contributed by atoms with Crippen LogP contribution in [-0.4, -0.2) is 31.9 Å². The van der Waals surface area contributed by atoms with Crippen LogP contribution in [0, 0.1) is 0 Å². The van der Waals surface area contributed by atoms with Crippen LogP contribution in [0.25, 0.3) is 0 Å². The molecule has 1 aliphatic carbocycles. The third-order valence-electron chi connectivity index (χ3n) is 4.06. The van der Waals surface area contributed by atoms with Gasteiger partial charge in [-0.3, -0.25) is 4.79 Å². The van der Waals surface area contributed by atoms with Crippen LogP contribution in [0.5, 0.6) is 0 Å². The van der Waals surface area contributed by atoms with Gasteiger partial charge in [0.25, 0.3) is 0 Å². The molecule has 2 aromatic heterocycles. The summed E-state index contributed by atoms with van der Waals surface area (Å²) >= 11 is 1.38. The summed E-state index contributed by atoms with van der Waals surface area (Å²) in [5.74, 6) is 0.977. The molecule has 1 N–H and O–H groups in total. The number of aromatic nitrogens is 4. The molecule has 8 heteroatoms. The fourth-order valence-electron chi connectivity index (χ4n) is 2.86. The van der Waals surface area contributed by atoms with E-state index in [1.807, 2.05) is 23.7 Å². The molecule has 0 bridgehead atoms. The van der Waals surface area contributed by atoms with Gasteiger partial charge in [0.15, 0.2) is 0 Å². The van der Waals surface area contributed by atoms with Crippen LogP contribution >= 0.6 is 11.8 Å². The second-order valence-corrected chi connectivity index (χ2v) is 6.73. The standard InChI is InChI=1S/C15H21N5O2S/c1-11(13-8-5-9-22-13)16-14(21)10-23-15-17-18-19-20(15)12-6-3-2-4-7-12/h5,8-9,11-12H,2-4,6-7,10H2,1H3,(H,16,21). The van der Waals surface area contributed by atoms with E-state index in [2.05, 4.69) is 20.8 Å². The SMILES string of the molecule is CC(NC(=O)CSc1nnnn1C1CCCCC1)c1ccco1. The lowest BCUT2D eigenvalue weighted by Gasteiger charge is -2.21. The van der Waals surface area contributed by atoms with Crippen LogP contribution in [0.3, 0.4) is 0 Å². The van der Waals surface area contributed by atoms with Crippen molar-refractivity contribution in [2.75, 3.05) is 5.75 Å². The van der Waals surface area contributed by atoms with E-state index in [1.54, 1.807) is 6.26 Å². The van der Waals surface area contributed by atoms with Crippen molar-refractivity contribution >= 4 is 17.7 Å². The summed E-state index contributed by atoms with van der Waals surface area (Å²) in [6.45, 7) is 1.90. The maximum Gasteiger partial charge on any atom is 0.231 e. The van der Waals surface area contributed by atoms with Gasteiger partial charge in [0.1, 0.15) is 5.76 Å². The number of rotatable bonds is 6. The largest absolute Gasteiger partial charge is 0.467 e. The summed E-state index contributed by atoms with van der Waals surface area (Å²) in [5.41, 5.74) is 0. The molecule has 3 rings (SSSR count). The number of thioether (sulfide) groups is 1. The maximum absolute atomic E-state index is 12.1. The fraction of sp³-hybridized carbons (Fsp3) is 0.600. The number of carbonyl (C=O) groups is 1. The van der Waals surface area contributed by atoms with E-state index in [-0.39, 0.29) is 17.7 Å². The van der Waals surface area contributed by atoms with Gasteiger partial charge < -0.3 is 9.73 Å². The van der Waals surface area contributed by atoms with Crippen molar-refractivity contribution in [2.24, 2.45) is 0 Å². The summed E-state index contributed by atoms with van der Waals surface area (Å²) in [5, 5.41) is 15.6. The van der Waals surface area contributed by atoms with Crippen LogP contribution in [0.4, 0.5) is 0 Å². The number of tetrazole rings is 1. The summed E-state index contributed by atoms with van der Waals surface area (Å²) in [6, 6.07) is 3.88. The number of nitrogens with one attached hydrogen (secondary N) is 1. The minimum absolute atomic E-state index is 0.0582. The second-order valence-electron chi connectivity index (χ2n) is 5.79. The lowest BCUT2D eigenvalue weighted by atomic mass is 9.96. The van der Waals surface area contributed by atoms with Crippen LogP contribution in [-0.2, 0) is 4.79 Å². The Kier molecular flexibility index (Phi) is 5.32. The zero-order valence-corrected chi connectivity index (χ0v) is 14.0. The van der Waals surface area contributed by atoms with Gasteiger partial charge in [0, 0.05) is 0 Å². The first-order valence-electron chi connectivity index (χ1n) is 7.97. The highest BCUT2D eigenvalue weighted by molar-refractivity contribution is 7.99. The Morgan fingerprint density at radius 2 is 2.30 bits per heavy atom. The van der Waals surface area contributed by atoms with Gasteiger partial charge in [-0.25, -0.2) is 4.68 Å². The zero-order valence-electron chi connectivity index (χ0n) is 13.1. The molecule has 2 heterocycles.